The number of urea groups is 1. The van der Waals surface area contributed by atoms with E-state index in [-0.39, 0.29) is 18.0 Å². The molecule has 0 aliphatic carbocycles. The van der Waals surface area contributed by atoms with E-state index in [1.807, 2.05) is 42.5 Å². The molecule has 8 nitrogen and oxygen atoms in total. The number of benzene rings is 2. The van der Waals surface area contributed by atoms with Crippen LogP contribution < -0.4 is 20.4 Å². The standard InChI is InChI=1S/C24H24N6O2/c31-22(18-7-4-8-20(15-18)30-14-12-26-24(30)32)27-19-10-13-29(16-19)23-25-11-9-21(28-23)17-5-2-1-3-6-17/h1-9,11,15,19H,10,12-14,16H2,(H,26,32)(H,27,31). The highest BCUT2D eigenvalue weighted by molar-refractivity contribution is 5.98. The molecule has 0 radical (unpaired) electrons. The Morgan fingerprint density at radius 1 is 1.06 bits per heavy atom. The normalized spacial score (nSPS) is 18.0. The number of rotatable bonds is 5. The van der Waals surface area contributed by atoms with Crippen LogP contribution in [-0.4, -0.2) is 54.1 Å². The summed E-state index contributed by atoms with van der Waals surface area (Å²) in [6.45, 7) is 2.64. The molecule has 2 aromatic carbocycles. The molecule has 0 saturated carbocycles. The number of nitrogens with zero attached hydrogens (tertiary/aromatic N) is 4. The molecule has 1 atom stereocenters. The summed E-state index contributed by atoms with van der Waals surface area (Å²) >= 11 is 0. The Morgan fingerprint density at radius 3 is 2.75 bits per heavy atom. The van der Waals surface area contributed by atoms with Crippen LogP contribution in [0.4, 0.5) is 16.4 Å². The summed E-state index contributed by atoms with van der Waals surface area (Å²) in [4.78, 5) is 37.7. The van der Waals surface area contributed by atoms with Crippen molar-refractivity contribution in [2.45, 2.75) is 12.5 Å². The van der Waals surface area contributed by atoms with E-state index >= 15 is 0 Å². The van der Waals surface area contributed by atoms with E-state index in [0.717, 1.165) is 29.9 Å². The van der Waals surface area contributed by atoms with E-state index in [1.54, 1.807) is 29.3 Å². The van der Waals surface area contributed by atoms with Crippen LogP contribution in [0.5, 0.6) is 0 Å². The van der Waals surface area contributed by atoms with Crippen LogP contribution in [0.15, 0.2) is 66.9 Å². The number of nitrogens with one attached hydrogen (secondary N) is 2. The van der Waals surface area contributed by atoms with Crippen LogP contribution >= 0.6 is 0 Å². The van der Waals surface area contributed by atoms with Crippen LogP contribution in [0.25, 0.3) is 11.3 Å². The van der Waals surface area contributed by atoms with Gasteiger partial charge in [-0.15, -0.1) is 0 Å². The third-order valence-electron chi connectivity index (χ3n) is 5.80. The van der Waals surface area contributed by atoms with Gasteiger partial charge in [-0.2, -0.15) is 0 Å². The van der Waals surface area contributed by atoms with Crippen molar-refractivity contribution in [3.63, 3.8) is 0 Å². The molecule has 2 saturated heterocycles. The summed E-state index contributed by atoms with van der Waals surface area (Å²) in [6.07, 6.45) is 2.59. The van der Waals surface area contributed by atoms with Crippen molar-refractivity contribution in [2.75, 3.05) is 36.0 Å². The zero-order valence-corrected chi connectivity index (χ0v) is 17.6. The Labute approximate surface area is 186 Å². The topological polar surface area (TPSA) is 90.5 Å². The lowest BCUT2D eigenvalue weighted by Crippen LogP contribution is -2.37. The molecular formula is C24H24N6O2. The minimum atomic E-state index is -0.141. The van der Waals surface area contributed by atoms with Crippen molar-refractivity contribution in [1.29, 1.82) is 0 Å². The van der Waals surface area contributed by atoms with Crippen LogP contribution in [0, 0.1) is 0 Å². The summed E-state index contributed by atoms with van der Waals surface area (Å²) in [6, 6.07) is 19.0. The number of carbonyl (C=O) groups excluding carboxylic acids is 2. The van der Waals surface area contributed by atoms with Gasteiger partial charge in [0.1, 0.15) is 0 Å². The molecule has 2 fully saturated rings. The van der Waals surface area contributed by atoms with Gasteiger partial charge in [-0.3, -0.25) is 9.69 Å². The van der Waals surface area contributed by atoms with Crippen LogP contribution in [-0.2, 0) is 0 Å². The van der Waals surface area contributed by atoms with Gasteiger partial charge in [0.25, 0.3) is 5.91 Å². The van der Waals surface area contributed by atoms with Crippen molar-refractivity contribution in [3.8, 4) is 11.3 Å². The Bertz CT molecular complexity index is 1140. The molecule has 8 heteroatoms. The van der Waals surface area contributed by atoms with Gasteiger partial charge in [0.2, 0.25) is 5.95 Å². The molecule has 5 rings (SSSR count). The maximum atomic E-state index is 12.9. The Hall–Kier alpha value is -3.94. The van der Waals surface area contributed by atoms with Gasteiger partial charge in [0.15, 0.2) is 0 Å². The van der Waals surface area contributed by atoms with E-state index in [9.17, 15) is 9.59 Å². The SMILES string of the molecule is O=C(NC1CCN(c2nccc(-c3ccccc3)n2)C1)c1cccc(N2CCNC2=O)c1. The molecule has 2 N–H and O–H groups in total. The predicted molar refractivity (Wildman–Crippen MR) is 123 cm³/mol. The first-order valence-corrected chi connectivity index (χ1v) is 10.8. The fraction of sp³-hybridized carbons (Fsp3) is 0.250. The molecule has 2 aliphatic heterocycles. The van der Waals surface area contributed by atoms with Gasteiger partial charge in [-0.1, -0.05) is 36.4 Å². The predicted octanol–water partition coefficient (Wildman–Crippen LogP) is 2.68. The zero-order chi connectivity index (χ0) is 21.9. The average molecular weight is 428 g/mol. The van der Waals surface area contributed by atoms with Crippen molar-refractivity contribution < 1.29 is 9.59 Å². The van der Waals surface area contributed by atoms with Crippen LogP contribution in [0.1, 0.15) is 16.8 Å². The number of carbonyl (C=O) groups is 2. The monoisotopic (exact) mass is 428 g/mol. The fourth-order valence-corrected chi connectivity index (χ4v) is 4.13. The summed E-state index contributed by atoms with van der Waals surface area (Å²) in [5, 5.41) is 5.89. The molecule has 2 aliphatic rings. The quantitative estimate of drug-likeness (QED) is 0.652. The van der Waals surface area contributed by atoms with E-state index in [1.165, 1.54) is 0 Å². The Morgan fingerprint density at radius 2 is 1.94 bits per heavy atom. The fourth-order valence-electron chi connectivity index (χ4n) is 4.13. The minimum Gasteiger partial charge on any atom is -0.347 e. The first kappa shape index (κ1) is 20.0. The van der Waals surface area contributed by atoms with Gasteiger partial charge in [0.05, 0.1) is 5.69 Å². The number of hydrogen-bond acceptors (Lipinski definition) is 5. The maximum Gasteiger partial charge on any atom is 0.321 e. The molecular weight excluding hydrogens is 404 g/mol. The molecule has 3 heterocycles. The van der Waals surface area contributed by atoms with Gasteiger partial charge >= 0.3 is 6.03 Å². The van der Waals surface area contributed by atoms with Gasteiger partial charge in [-0.25, -0.2) is 14.8 Å². The molecule has 0 bridgehead atoms. The third kappa shape index (κ3) is 4.12. The number of amides is 3. The first-order chi connectivity index (χ1) is 15.7. The molecule has 1 unspecified atom stereocenters. The highest BCUT2D eigenvalue weighted by atomic mass is 16.2. The summed E-state index contributed by atoms with van der Waals surface area (Å²) < 4.78 is 0. The third-order valence-corrected chi connectivity index (χ3v) is 5.80. The van der Waals surface area contributed by atoms with E-state index in [0.29, 0.717) is 31.1 Å². The first-order valence-electron chi connectivity index (χ1n) is 10.8. The highest BCUT2D eigenvalue weighted by Gasteiger charge is 2.27. The molecule has 32 heavy (non-hydrogen) atoms. The lowest BCUT2D eigenvalue weighted by atomic mass is 10.1. The van der Waals surface area contributed by atoms with E-state index in [2.05, 4.69) is 20.5 Å². The summed E-state index contributed by atoms with van der Waals surface area (Å²) in [5.74, 6) is 0.530. The summed E-state index contributed by atoms with van der Waals surface area (Å²) in [5.41, 5.74) is 3.20. The number of hydrogen-bond donors (Lipinski definition) is 2. The Balaban J connectivity index is 1.24. The highest BCUT2D eigenvalue weighted by Crippen LogP contribution is 2.22. The largest absolute Gasteiger partial charge is 0.347 e. The van der Waals surface area contributed by atoms with E-state index in [4.69, 9.17) is 4.98 Å². The van der Waals surface area contributed by atoms with Gasteiger partial charge in [0, 0.05) is 55.2 Å². The van der Waals surface area contributed by atoms with Crippen molar-refractivity contribution in [1.82, 2.24) is 20.6 Å². The lowest BCUT2D eigenvalue weighted by molar-refractivity contribution is 0.0940. The average Bonchev–Trinajstić information content (AvgIpc) is 3.49. The molecule has 3 amide bonds. The second-order valence-electron chi connectivity index (χ2n) is 7.95. The number of anilines is 2. The molecule has 162 valence electrons. The number of aromatic nitrogens is 2. The summed E-state index contributed by atoms with van der Waals surface area (Å²) in [7, 11) is 0. The second-order valence-corrected chi connectivity index (χ2v) is 7.95. The molecule has 3 aromatic rings. The maximum absolute atomic E-state index is 12.9. The smallest absolute Gasteiger partial charge is 0.321 e. The van der Waals surface area contributed by atoms with Crippen molar-refractivity contribution >= 4 is 23.6 Å². The molecule has 1 aromatic heterocycles. The lowest BCUT2D eigenvalue weighted by Gasteiger charge is -2.18. The zero-order valence-electron chi connectivity index (χ0n) is 17.6. The van der Waals surface area contributed by atoms with Crippen molar-refractivity contribution in [3.05, 3.63) is 72.4 Å². The second kappa shape index (κ2) is 8.66. The van der Waals surface area contributed by atoms with Crippen LogP contribution in [0.2, 0.25) is 0 Å². The minimum absolute atomic E-state index is 0.00484. The van der Waals surface area contributed by atoms with Gasteiger partial charge in [-0.05, 0) is 30.7 Å². The van der Waals surface area contributed by atoms with E-state index < -0.39 is 0 Å². The van der Waals surface area contributed by atoms with Crippen molar-refractivity contribution in [2.24, 2.45) is 0 Å². The Kier molecular flexibility index (Phi) is 5.41. The molecule has 0 spiro atoms. The van der Waals surface area contributed by atoms with Crippen LogP contribution in [0.3, 0.4) is 0 Å². The van der Waals surface area contributed by atoms with Gasteiger partial charge < -0.3 is 15.5 Å².